The van der Waals surface area contributed by atoms with Crippen LogP contribution in [0.25, 0.3) is 0 Å². The predicted octanol–water partition coefficient (Wildman–Crippen LogP) is 4.84. The maximum Gasteiger partial charge on any atom is 0.339 e. The number of halogens is 2. The number of anilines is 3. The molecule has 3 aromatic carbocycles. The lowest BCUT2D eigenvalue weighted by Crippen LogP contribution is -2.32. The third kappa shape index (κ3) is 6.24. The van der Waals surface area contributed by atoms with E-state index in [1.807, 2.05) is 0 Å². The normalized spacial score (nSPS) is 12.9. The molecule has 3 aromatic rings. The van der Waals surface area contributed by atoms with Gasteiger partial charge in [0.15, 0.2) is 0 Å². The Balaban J connectivity index is 1.45. The van der Waals surface area contributed by atoms with Gasteiger partial charge in [-0.05, 0) is 60.5 Å². The molecule has 1 heterocycles. The van der Waals surface area contributed by atoms with Crippen LogP contribution in [0.1, 0.15) is 31.8 Å². The number of carbonyl (C=O) groups is 5. The number of imide groups is 1. The van der Waals surface area contributed by atoms with E-state index in [0.717, 1.165) is 10.5 Å². The minimum Gasteiger partial charge on any atom is -0.465 e. The van der Waals surface area contributed by atoms with Crippen molar-refractivity contribution in [3.63, 3.8) is 0 Å². The van der Waals surface area contributed by atoms with Crippen molar-refractivity contribution in [2.75, 3.05) is 29.8 Å². The molecule has 210 valence electrons. The van der Waals surface area contributed by atoms with Crippen molar-refractivity contribution in [2.45, 2.75) is 13.3 Å². The van der Waals surface area contributed by atoms with Gasteiger partial charge in [0.25, 0.3) is 11.8 Å². The van der Waals surface area contributed by atoms with Gasteiger partial charge in [-0.25, -0.2) is 14.5 Å². The molecule has 0 spiro atoms. The van der Waals surface area contributed by atoms with Crippen molar-refractivity contribution in [3.8, 4) is 0 Å². The van der Waals surface area contributed by atoms with Crippen molar-refractivity contribution < 1.29 is 33.4 Å². The molecule has 1 aliphatic rings. The highest BCUT2D eigenvalue weighted by Crippen LogP contribution is 2.32. The second kappa shape index (κ2) is 12.2. The molecule has 4 rings (SSSR count). The molecule has 0 saturated heterocycles. The maximum atomic E-state index is 13.0. The number of amides is 3. The number of methoxy groups -OCH3 is 2. The van der Waals surface area contributed by atoms with E-state index in [4.69, 9.17) is 32.7 Å². The Bertz CT molecular complexity index is 1620. The smallest absolute Gasteiger partial charge is 0.339 e. The van der Waals surface area contributed by atoms with Gasteiger partial charge in [-0.2, -0.15) is 0 Å². The van der Waals surface area contributed by atoms with Crippen LogP contribution >= 0.6 is 23.2 Å². The molecule has 10 nitrogen and oxygen atoms in total. The Hall–Kier alpha value is -4.67. The predicted molar refractivity (Wildman–Crippen MR) is 153 cm³/mol. The molecule has 0 aliphatic carbocycles. The number of aryl methyl sites for hydroxylation is 1. The van der Waals surface area contributed by atoms with Crippen molar-refractivity contribution >= 4 is 69.9 Å². The first kappa shape index (κ1) is 29.3. The van der Waals surface area contributed by atoms with E-state index in [9.17, 15) is 24.0 Å². The minimum atomic E-state index is -0.691. The summed E-state index contributed by atoms with van der Waals surface area (Å²) in [4.78, 5) is 63.5. The summed E-state index contributed by atoms with van der Waals surface area (Å²) in [6, 6.07) is 15.4. The van der Waals surface area contributed by atoms with E-state index in [1.165, 1.54) is 38.5 Å². The summed E-state index contributed by atoms with van der Waals surface area (Å²) in [7, 11) is 2.42. The molecule has 0 radical (unpaired) electrons. The third-order valence-corrected chi connectivity index (χ3v) is 6.91. The average molecular weight is 596 g/mol. The molecule has 12 heteroatoms. The number of esters is 2. The molecule has 0 fully saturated rings. The van der Waals surface area contributed by atoms with Gasteiger partial charge in [0.2, 0.25) is 5.91 Å². The first-order valence-electron chi connectivity index (χ1n) is 12.0. The summed E-state index contributed by atoms with van der Waals surface area (Å²) in [5.41, 5.74) is 2.33. The molecule has 41 heavy (non-hydrogen) atoms. The molecule has 2 N–H and O–H groups in total. The second-order valence-electron chi connectivity index (χ2n) is 8.86. The Morgan fingerprint density at radius 2 is 1.54 bits per heavy atom. The molecular formula is C29H23Cl2N3O7. The lowest BCUT2D eigenvalue weighted by molar-refractivity contribution is -0.120. The van der Waals surface area contributed by atoms with Gasteiger partial charge < -0.3 is 20.1 Å². The number of hydrogen-bond donors (Lipinski definition) is 2. The van der Waals surface area contributed by atoms with Crippen LogP contribution in [-0.4, -0.2) is 43.9 Å². The molecule has 0 bridgehead atoms. The molecule has 0 saturated carbocycles. The highest BCUT2D eigenvalue weighted by molar-refractivity contribution is 6.53. The van der Waals surface area contributed by atoms with Gasteiger partial charge in [0.05, 0.1) is 43.1 Å². The van der Waals surface area contributed by atoms with Crippen LogP contribution in [0.2, 0.25) is 5.02 Å². The first-order valence-corrected chi connectivity index (χ1v) is 12.8. The number of rotatable bonds is 8. The molecule has 3 amide bonds. The summed E-state index contributed by atoms with van der Waals surface area (Å²) < 4.78 is 9.45. The van der Waals surface area contributed by atoms with Crippen LogP contribution in [0.15, 0.2) is 71.4 Å². The fourth-order valence-electron chi connectivity index (χ4n) is 3.98. The van der Waals surface area contributed by atoms with E-state index in [-0.39, 0.29) is 34.0 Å². The van der Waals surface area contributed by atoms with E-state index >= 15 is 0 Å². The lowest BCUT2D eigenvalue weighted by Gasteiger charge is -2.16. The van der Waals surface area contributed by atoms with Gasteiger partial charge in [-0.15, -0.1) is 0 Å². The Morgan fingerprint density at radius 3 is 2.17 bits per heavy atom. The first-order chi connectivity index (χ1) is 19.5. The molecule has 0 unspecified atom stereocenters. The number of hydrogen-bond acceptors (Lipinski definition) is 8. The number of nitrogens with zero attached hydrogens (tertiary/aromatic N) is 1. The highest BCUT2D eigenvalue weighted by atomic mass is 35.5. The fraction of sp³-hybridized carbons (Fsp3) is 0.138. The van der Waals surface area contributed by atoms with Crippen molar-refractivity contribution in [2.24, 2.45) is 0 Å². The fourth-order valence-corrected chi connectivity index (χ4v) is 4.36. The van der Waals surface area contributed by atoms with Crippen molar-refractivity contribution in [3.05, 3.63) is 98.7 Å². The standard InChI is InChI=1S/C29H23Cl2N3O7/c1-15-4-10-19(14-21(15)30)34-26(36)24(31)25(27(34)37)32-18-8-5-16(6-9-18)12-23(35)33-22-13-17(28(38)40-2)7-11-20(22)29(39)41-3/h4-11,13-14,32H,12H2,1-3H3,(H,33,35). The zero-order valence-electron chi connectivity index (χ0n) is 22.0. The van der Waals surface area contributed by atoms with Crippen molar-refractivity contribution in [1.82, 2.24) is 0 Å². The average Bonchev–Trinajstić information content (AvgIpc) is 3.17. The van der Waals surface area contributed by atoms with Crippen molar-refractivity contribution in [1.29, 1.82) is 0 Å². The van der Waals surface area contributed by atoms with Gasteiger partial charge in [0.1, 0.15) is 10.7 Å². The lowest BCUT2D eigenvalue weighted by atomic mass is 10.1. The highest BCUT2D eigenvalue weighted by Gasteiger charge is 2.39. The number of benzene rings is 3. The van der Waals surface area contributed by atoms with E-state index < -0.39 is 29.7 Å². The zero-order chi connectivity index (χ0) is 29.8. The van der Waals surface area contributed by atoms with Gasteiger partial charge >= 0.3 is 11.9 Å². The van der Waals surface area contributed by atoms with Gasteiger partial charge in [-0.1, -0.05) is 41.4 Å². The Kier molecular flexibility index (Phi) is 8.75. The monoisotopic (exact) mass is 595 g/mol. The molecular weight excluding hydrogens is 573 g/mol. The van der Waals surface area contributed by atoms with E-state index in [2.05, 4.69) is 10.6 Å². The van der Waals surface area contributed by atoms with Crippen LogP contribution in [-0.2, 0) is 30.3 Å². The SMILES string of the molecule is COC(=O)c1ccc(C(=O)OC)c(NC(=O)Cc2ccc(NC3=C(Cl)C(=O)N(c4ccc(C)c(Cl)c4)C3=O)cc2)c1. The molecule has 0 atom stereocenters. The van der Waals surface area contributed by atoms with Crippen LogP contribution in [0.3, 0.4) is 0 Å². The summed E-state index contributed by atoms with van der Waals surface area (Å²) >= 11 is 12.4. The van der Waals surface area contributed by atoms with Gasteiger partial charge in [0, 0.05) is 10.7 Å². The Labute approximate surface area is 244 Å². The number of ether oxygens (including phenoxy) is 2. The van der Waals surface area contributed by atoms with Crippen LogP contribution < -0.4 is 15.5 Å². The van der Waals surface area contributed by atoms with Gasteiger partial charge in [-0.3, -0.25) is 14.4 Å². The molecule has 1 aliphatic heterocycles. The number of carbonyl (C=O) groups excluding carboxylic acids is 5. The van der Waals surface area contributed by atoms with Crippen LogP contribution in [0.5, 0.6) is 0 Å². The number of nitrogens with one attached hydrogen (secondary N) is 2. The van der Waals surface area contributed by atoms with Crippen LogP contribution in [0.4, 0.5) is 17.1 Å². The largest absolute Gasteiger partial charge is 0.465 e. The Morgan fingerprint density at radius 1 is 0.854 bits per heavy atom. The summed E-state index contributed by atoms with van der Waals surface area (Å²) in [6.45, 7) is 1.80. The second-order valence-corrected chi connectivity index (χ2v) is 9.64. The maximum absolute atomic E-state index is 13.0. The zero-order valence-corrected chi connectivity index (χ0v) is 23.6. The van der Waals surface area contributed by atoms with Crippen LogP contribution in [0, 0.1) is 6.92 Å². The summed E-state index contributed by atoms with van der Waals surface area (Å²) in [5.74, 6) is -3.12. The minimum absolute atomic E-state index is 0.0657. The molecule has 0 aromatic heterocycles. The van der Waals surface area contributed by atoms with E-state index in [0.29, 0.717) is 22.0 Å². The summed E-state index contributed by atoms with van der Waals surface area (Å²) in [6.07, 6.45) is -0.0772. The van der Waals surface area contributed by atoms with E-state index in [1.54, 1.807) is 43.3 Å². The summed E-state index contributed by atoms with van der Waals surface area (Å²) in [5, 5.41) is 5.63. The topological polar surface area (TPSA) is 131 Å². The third-order valence-electron chi connectivity index (χ3n) is 6.15. The quantitative estimate of drug-likeness (QED) is 0.279.